The van der Waals surface area contributed by atoms with E-state index >= 15 is 0 Å². The predicted molar refractivity (Wildman–Crippen MR) is 81.7 cm³/mol. The molecule has 1 heterocycles. The summed E-state index contributed by atoms with van der Waals surface area (Å²) in [5, 5.41) is 1.72. The van der Waals surface area contributed by atoms with Crippen molar-refractivity contribution in [3.63, 3.8) is 0 Å². The monoisotopic (exact) mass is 286 g/mol. The molecule has 0 aliphatic rings. The number of hydrogen-bond donors (Lipinski definition) is 1. The van der Waals surface area contributed by atoms with Crippen LogP contribution < -0.4 is 5.73 Å². The number of fused-ring (bicyclic) bond motifs is 1. The number of nitrogen functional groups attached to an aromatic ring is 1. The summed E-state index contributed by atoms with van der Waals surface area (Å²) in [7, 11) is 0. The molecule has 0 aliphatic heterocycles. The number of anilines is 1. The second-order valence-corrected chi connectivity index (χ2v) is 5.66. The van der Waals surface area contributed by atoms with E-state index in [0.29, 0.717) is 0 Å². The first-order chi connectivity index (χ1) is 9.24. The molecule has 0 fully saturated rings. The molecule has 0 aliphatic carbocycles. The van der Waals surface area contributed by atoms with Crippen LogP contribution in [0.4, 0.5) is 5.69 Å². The predicted octanol–water partition coefficient (Wildman–Crippen LogP) is 4.62. The van der Waals surface area contributed by atoms with Crippen LogP contribution >= 0.6 is 23.4 Å². The highest BCUT2D eigenvalue weighted by molar-refractivity contribution is 7.99. The Morgan fingerprint density at radius 3 is 2.79 bits per heavy atom. The molecule has 0 spiro atoms. The lowest BCUT2D eigenvalue weighted by atomic mass is 10.2. The Labute approximate surface area is 120 Å². The summed E-state index contributed by atoms with van der Waals surface area (Å²) in [6.07, 6.45) is 1.78. The van der Waals surface area contributed by atoms with Gasteiger partial charge in [-0.1, -0.05) is 29.4 Å². The Morgan fingerprint density at radius 1 is 1.05 bits per heavy atom. The van der Waals surface area contributed by atoms with Crippen LogP contribution in [-0.2, 0) is 0 Å². The third-order valence-corrected chi connectivity index (χ3v) is 4.06. The number of nitrogens with zero attached hydrogens (tertiary/aromatic N) is 1. The quantitative estimate of drug-likeness (QED) is 0.699. The van der Waals surface area contributed by atoms with Crippen molar-refractivity contribution in [2.24, 2.45) is 0 Å². The van der Waals surface area contributed by atoms with Gasteiger partial charge >= 0.3 is 0 Å². The maximum atomic E-state index is 6.01. The largest absolute Gasteiger partial charge is 0.398 e. The second kappa shape index (κ2) is 5.11. The lowest BCUT2D eigenvalue weighted by molar-refractivity contribution is 1.34. The molecular formula is C15H11ClN2S. The Balaban J connectivity index is 2.09. The maximum Gasteiger partial charge on any atom is 0.0861 e. The van der Waals surface area contributed by atoms with E-state index in [1.807, 2.05) is 48.5 Å². The van der Waals surface area contributed by atoms with E-state index in [2.05, 4.69) is 4.98 Å². The van der Waals surface area contributed by atoms with Crippen LogP contribution in [0, 0.1) is 0 Å². The van der Waals surface area contributed by atoms with Gasteiger partial charge in [0.1, 0.15) is 0 Å². The number of aromatic nitrogens is 1. The van der Waals surface area contributed by atoms with E-state index in [-0.39, 0.29) is 0 Å². The van der Waals surface area contributed by atoms with Crippen LogP contribution in [0.3, 0.4) is 0 Å². The number of rotatable bonds is 2. The average molecular weight is 287 g/mol. The summed E-state index contributed by atoms with van der Waals surface area (Å²) in [5.74, 6) is 0. The standard InChI is InChI=1S/C15H11ClN2S/c16-10-3-1-4-11(9-10)19-14-7-6-13(17)12-5-2-8-18-15(12)14/h1-9H,17H2. The molecule has 0 radical (unpaired) electrons. The topological polar surface area (TPSA) is 38.9 Å². The summed E-state index contributed by atoms with van der Waals surface area (Å²) < 4.78 is 0. The van der Waals surface area contributed by atoms with Gasteiger partial charge in [-0.25, -0.2) is 0 Å². The van der Waals surface area contributed by atoms with Crippen LogP contribution in [0.5, 0.6) is 0 Å². The first-order valence-corrected chi connectivity index (χ1v) is 7.00. The Kier molecular flexibility index (Phi) is 3.32. The minimum Gasteiger partial charge on any atom is -0.398 e. The fraction of sp³-hybridized carbons (Fsp3) is 0. The van der Waals surface area contributed by atoms with Crippen molar-refractivity contribution in [3.8, 4) is 0 Å². The number of benzene rings is 2. The van der Waals surface area contributed by atoms with E-state index in [1.54, 1.807) is 18.0 Å². The van der Waals surface area contributed by atoms with Gasteiger partial charge in [-0.05, 0) is 42.5 Å². The number of pyridine rings is 1. The molecule has 0 atom stereocenters. The summed E-state index contributed by atoms with van der Waals surface area (Å²) >= 11 is 7.64. The second-order valence-electron chi connectivity index (χ2n) is 4.11. The molecule has 0 bridgehead atoms. The van der Waals surface area contributed by atoms with E-state index in [9.17, 15) is 0 Å². The van der Waals surface area contributed by atoms with Crippen molar-refractivity contribution in [3.05, 3.63) is 59.8 Å². The zero-order valence-electron chi connectivity index (χ0n) is 10.0. The van der Waals surface area contributed by atoms with Crippen molar-refractivity contribution in [1.82, 2.24) is 4.98 Å². The average Bonchev–Trinajstić information content (AvgIpc) is 2.42. The number of nitrogens with two attached hydrogens (primary N) is 1. The van der Waals surface area contributed by atoms with Gasteiger partial charge in [-0.3, -0.25) is 4.98 Å². The van der Waals surface area contributed by atoms with Crippen molar-refractivity contribution < 1.29 is 0 Å². The highest BCUT2D eigenvalue weighted by Crippen LogP contribution is 2.35. The maximum absolute atomic E-state index is 6.01. The van der Waals surface area contributed by atoms with E-state index in [1.165, 1.54) is 0 Å². The molecule has 0 saturated carbocycles. The minimum absolute atomic E-state index is 0.734. The Bertz CT molecular complexity index is 743. The molecule has 2 aromatic carbocycles. The zero-order valence-corrected chi connectivity index (χ0v) is 11.6. The van der Waals surface area contributed by atoms with Crippen LogP contribution in [0.15, 0.2) is 64.5 Å². The fourth-order valence-electron chi connectivity index (χ4n) is 1.91. The van der Waals surface area contributed by atoms with Crippen molar-refractivity contribution >= 4 is 40.0 Å². The lowest BCUT2D eigenvalue weighted by Gasteiger charge is -2.07. The van der Waals surface area contributed by atoms with Gasteiger partial charge in [-0.2, -0.15) is 0 Å². The van der Waals surface area contributed by atoms with Crippen LogP contribution in [0.25, 0.3) is 10.9 Å². The highest BCUT2D eigenvalue weighted by Gasteiger charge is 2.06. The zero-order chi connectivity index (χ0) is 13.2. The van der Waals surface area contributed by atoms with Gasteiger partial charge < -0.3 is 5.73 Å². The smallest absolute Gasteiger partial charge is 0.0861 e. The fourth-order valence-corrected chi connectivity index (χ4v) is 3.15. The molecule has 1 aromatic heterocycles. The van der Waals surface area contributed by atoms with Crippen molar-refractivity contribution in [2.75, 3.05) is 5.73 Å². The SMILES string of the molecule is Nc1ccc(Sc2cccc(Cl)c2)c2ncccc12. The molecule has 2 N–H and O–H groups in total. The molecule has 3 aromatic rings. The van der Waals surface area contributed by atoms with Gasteiger partial charge in [0.2, 0.25) is 0 Å². The summed E-state index contributed by atoms with van der Waals surface area (Å²) in [6, 6.07) is 15.6. The van der Waals surface area contributed by atoms with Gasteiger partial charge in [0, 0.05) is 32.1 Å². The number of halogens is 1. The molecule has 0 unspecified atom stereocenters. The van der Waals surface area contributed by atoms with Crippen LogP contribution in [0.2, 0.25) is 5.02 Å². The molecule has 0 saturated heterocycles. The third-order valence-electron chi connectivity index (χ3n) is 2.79. The first-order valence-electron chi connectivity index (χ1n) is 5.81. The van der Waals surface area contributed by atoms with Gasteiger partial charge in [-0.15, -0.1) is 0 Å². The van der Waals surface area contributed by atoms with Crippen LogP contribution in [0.1, 0.15) is 0 Å². The van der Waals surface area contributed by atoms with Crippen molar-refractivity contribution in [2.45, 2.75) is 9.79 Å². The van der Waals surface area contributed by atoms with E-state index in [4.69, 9.17) is 17.3 Å². The molecular weight excluding hydrogens is 276 g/mol. The Hall–Kier alpha value is -1.71. The summed E-state index contributed by atoms with van der Waals surface area (Å²) in [4.78, 5) is 6.59. The summed E-state index contributed by atoms with van der Waals surface area (Å²) in [5.41, 5.74) is 7.64. The summed E-state index contributed by atoms with van der Waals surface area (Å²) in [6.45, 7) is 0. The van der Waals surface area contributed by atoms with Gasteiger partial charge in [0.25, 0.3) is 0 Å². The molecule has 19 heavy (non-hydrogen) atoms. The molecule has 4 heteroatoms. The van der Waals surface area contributed by atoms with Crippen molar-refractivity contribution in [1.29, 1.82) is 0 Å². The minimum atomic E-state index is 0.734. The normalized spacial score (nSPS) is 10.8. The lowest BCUT2D eigenvalue weighted by Crippen LogP contribution is -1.89. The van der Waals surface area contributed by atoms with E-state index < -0.39 is 0 Å². The van der Waals surface area contributed by atoms with Gasteiger partial charge in [0.05, 0.1) is 5.52 Å². The third kappa shape index (κ3) is 2.53. The highest BCUT2D eigenvalue weighted by atomic mass is 35.5. The molecule has 3 rings (SSSR count). The number of hydrogen-bond acceptors (Lipinski definition) is 3. The molecule has 0 amide bonds. The Morgan fingerprint density at radius 2 is 1.95 bits per heavy atom. The molecule has 94 valence electrons. The van der Waals surface area contributed by atoms with Crippen LogP contribution in [-0.4, -0.2) is 4.98 Å². The molecule has 2 nitrogen and oxygen atoms in total. The van der Waals surface area contributed by atoms with Gasteiger partial charge in [0.15, 0.2) is 0 Å². The first kappa shape index (κ1) is 12.3. The van der Waals surface area contributed by atoms with E-state index in [0.717, 1.165) is 31.4 Å².